The molecule has 0 spiro atoms. The Kier molecular flexibility index (Phi) is 5.64. The maximum Gasteiger partial charge on any atom is 0.321 e. The number of amides is 3. The van der Waals surface area contributed by atoms with Crippen molar-refractivity contribution in [1.82, 2.24) is 5.32 Å². The second-order valence-electron chi connectivity index (χ2n) is 7.03. The molecule has 1 aliphatic heterocycles. The lowest BCUT2D eigenvalue weighted by Crippen LogP contribution is -2.47. The van der Waals surface area contributed by atoms with E-state index in [1.807, 2.05) is 6.07 Å². The van der Waals surface area contributed by atoms with E-state index in [0.717, 1.165) is 0 Å². The highest BCUT2D eigenvalue weighted by atomic mass is 19.1. The highest BCUT2D eigenvalue weighted by molar-refractivity contribution is 6.20. The van der Waals surface area contributed by atoms with E-state index in [1.165, 1.54) is 11.0 Å². The van der Waals surface area contributed by atoms with Gasteiger partial charge in [-0.25, -0.2) is 14.2 Å². The zero-order chi connectivity index (χ0) is 22.7. The van der Waals surface area contributed by atoms with E-state index in [-0.39, 0.29) is 16.8 Å². The third kappa shape index (κ3) is 3.91. The van der Waals surface area contributed by atoms with Crippen LogP contribution in [0.25, 0.3) is 0 Å². The van der Waals surface area contributed by atoms with Gasteiger partial charge in [-0.3, -0.25) is 4.79 Å². The molecular weight excluding hydrogens is 409 g/mol. The maximum atomic E-state index is 14.6. The number of nitriles is 1. The molecule has 1 atom stereocenters. The Balaban J connectivity index is 1.73. The molecule has 0 bridgehead atoms. The predicted octanol–water partition coefficient (Wildman–Crippen LogP) is 3.66. The van der Waals surface area contributed by atoms with Gasteiger partial charge < -0.3 is 15.5 Å². The number of likely N-dealkylation sites (N-methyl/N-ethyl adjacent to an activating group) is 1. The first kappa shape index (κ1) is 20.8. The van der Waals surface area contributed by atoms with E-state index >= 15 is 0 Å². The van der Waals surface area contributed by atoms with E-state index in [2.05, 4.69) is 15.6 Å². The Bertz CT molecular complexity index is 1280. The van der Waals surface area contributed by atoms with E-state index in [1.54, 1.807) is 73.8 Å². The van der Waals surface area contributed by atoms with E-state index in [4.69, 9.17) is 0 Å². The number of aliphatic imine (C=N–C) groups is 1. The quantitative estimate of drug-likeness (QED) is 0.668. The van der Waals surface area contributed by atoms with Crippen LogP contribution in [0.15, 0.2) is 77.8 Å². The van der Waals surface area contributed by atoms with E-state index in [9.17, 15) is 19.2 Å². The Morgan fingerprint density at radius 1 is 1.03 bits per heavy atom. The van der Waals surface area contributed by atoms with Crippen LogP contribution < -0.4 is 15.5 Å². The van der Waals surface area contributed by atoms with Gasteiger partial charge in [0, 0.05) is 18.2 Å². The Morgan fingerprint density at radius 3 is 2.44 bits per heavy atom. The molecule has 1 aliphatic rings. The fourth-order valence-electron chi connectivity index (χ4n) is 3.46. The molecule has 7 nitrogen and oxygen atoms in total. The molecule has 3 amide bonds. The first-order valence-electron chi connectivity index (χ1n) is 9.76. The molecule has 32 heavy (non-hydrogen) atoms. The zero-order valence-corrected chi connectivity index (χ0v) is 17.0. The van der Waals surface area contributed by atoms with Crippen molar-refractivity contribution in [2.45, 2.75) is 6.17 Å². The molecule has 0 fully saturated rings. The normalized spacial score (nSPS) is 15.2. The van der Waals surface area contributed by atoms with Gasteiger partial charge in [-0.1, -0.05) is 42.5 Å². The monoisotopic (exact) mass is 427 g/mol. The van der Waals surface area contributed by atoms with Gasteiger partial charge in [0.15, 0.2) is 0 Å². The van der Waals surface area contributed by atoms with Crippen LogP contribution >= 0.6 is 0 Å². The lowest BCUT2D eigenvalue weighted by Gasteiger charge is -2.21. The molecule has 1 unspecified atom stereocenters. The topological polar surface area (TPSA) is 97.6 Å². The minimum Gasteiger partial charge on any atom is -0.311 e. The molecular formula is C24H18FN5O2. The number of benzene rings is 3. The lowest BCUT2D eigenvalue weighted by atomic mass is 10.00. The van der Waals surface area contributed by atoms with Gasteiger partial charge in [0.2, 0.25) is 6.17 Å². The molecule has 0 aromatic heterocycles. The average Bonchev–Trinajstić information content (AvgIpc) is 2.90. The number of para-hydroxylation sites is 2. The number of hydrogen-bond donors (Lipinski definition) is 2. The number of carbonyl (C=O) groups excluding carboxylic acids is 2. The number of halogens is 1. The van der Waals surface area contributed by atoms with Crippen molar-refractivity contribution in [3.05, 3.63) is 95.3 Å². The smallest absolute Gasteiger partial charge is 0.311 e. The summed E-state index contributed by atoms with van der Waals surface area (Å²) < 4.78 is 14.6. The Morgan fingerprint density at radius 2 is 1.69 bits per heavy atom. The fraction of sp³-hybridized carbons (Fsp3) is 0.0833. The summed E-state index contributed by atoms with van der Waals surface area (Å²) in [4.78, 5) is 31.6. The number of anilines is 2. The van der Waals surface area contributed by atoms with Crippen LogP contribution in [-0.4, -0.2) is 30.9 Å². The van der Waals surface area contributed by atoms with Crippen molar-refractivity contribution >= 4 is 29.0 Å². The van der Waals surface area contributed by atoms with Crippen LogP contribution in [0.4, 0.5) is 20.6 Å². The molecule has 3 aromatic carbocycles. The summed E-state index contributed by atoms with van der Waals surface area (Å²) in [5, 5.41) is 14.3. The summed E-state index contributed by atoms with van der Waals surface area (Å²) in [6, 6.07) is 20.9. The van der Waals surface area contributed by atoms with Crippen molar-refractivity contribution < 1.29 is 14.0 Å². The van der Waals surface area contributed by atoms with Gasteiger partial charge >= 0.3 is 6.03 Å². The number of benzodiazepines with no additional fused rings is 1. The summed E-state index contributed by atoms with van der Waals surface area (Å²) in [6.07, 6.45) is -1.31. The van der Waals surface area contributed by atoms with Gasteiger partial charge in [0.05, 0.1) is 22.6 Å². The minimum atomic E-state index is -1.31. The molecule has 158 valence electrons. The molecule has 3 aromatic rings. The lowest BCUT2D eigenvalue weighted by molar-refractivity contribution is -0.119. The zero-order valence-electron chi connectivity index (χ0n) is 17.0. The largest absolute Gasteiger partial charge is 0.321 e. The van der Waals surface area contributed by atoms with Crippen LogP contribution in [0.3, 0.4) is 0 Å². The van der Waals surface area contributed by atoms with Crippen LogP contribution in [0.2, 0.25) is 0 Å². The van der Waals surface area contributed by atoms with Crippen molar-refractivity contribution in [3.63, 3.8) is 0 Å². The fourth-order valence-corrected chi connectivity index (χ4v) is 3.46. The highest BCUT2D eigenvalue weighted by Crippen LogP contribution is 2.28. The number of rotatable bonds is 3. The number of fused-ring (bicyclic) bond motifs is 1. The molecule has 0 aliphatic carbocycles. The average molecular weight is 427 g/mol. The SMILES string of the molecule is CN1C(=O)C(NC(=O)Nc2ccccc2C#N)N=C(c2ccccc2F)c2ccccc21. The molecule has 0 radical (unpaired) electrons. The number of hydrogen-bond acceptors (Lipinski definition) is 4. The summed E-state index contributed by atoms with van der Waals surface area (Å²) >= 11 is 0. The predicted molar refractivity (Wildman–Crippen MR) is 119 cm³/mol. The summed E-state index contributed by atoms with van der Waals surface area (Å²) in [6.45, 7) is 0. The molecule has 0 saturated carbocycles. The number of carbonyl (C=O) groups is 2. The molecule has 8 heteroatoms. The van der Waals surface area contributed by atoms with Gasteiger partial charge in [-0.05, 0) is 30.3 Å². The Labute approximate surface area is 183 Å². The summed E-state index contributed by atoms with van der Waals surface area (Å²) in [5.74, 6) is -0.989. The number of nitrogens with zero attached hydrogens (tertiary/aromatic N) is 3. The summed E-state index contributed by atoms with van der Waals surface area (Å²) in [5.41, 5.74) is 2.13. The molecule has 1 heterocycles. The van der Waals surface area contributed by atoms with Crippen LogP contribution in [0.1, 0.15) is 16.7 Å². The highest BCUT2D eigenvalue weighted by Gasteiger charge is 2.31. The third-order valence-electron chi connectivity index (χ3n) is 5.04. The summed E-state index contributed by atoms with van der Waals surface area (Å²) in [7, 11) is 1.57. The van der Waals surface area contributed by atoms with Crippen molar-refractivity contribution in [1.29, 1.82) is 5.26 Å². The first-order valence-corrected chi connectivity index (χ1v) is 9.76. The van der Waals surface area contributed by atoms with E-state index in [0.29, 0.717) is 16.9 Å². The molecule has 0 saturated heterocycles. The standard InChI is InChI=1S/C24H18FN5O2/c1-30-20-13-7-4-10-17(20)21(16-9-3-5-11-18(16)25)28-22(23(30)31)29-24(32)27-19-12-6-2-8-15(19)14-26/h2-13,22H,1H3,(H2,27,29,32). The van der Waals surface area contributed by atoms with Gasteiger partial charge in [0.25, 0.3) is 5.91 Å². The third-order valence-corrected chi connectivity index (χ3v) is 5.04. The van der Waals surface area contributed by atoms with Gasteiger partial charge in [-0.15, -0.1) is 0 Å². The van der Waals surface area contributed by atoms with Gasteiger partial charge in [0.1, 0.15) is 11.9 Å². The first-order chi connectivity index (χ1) is 15.5. The Hall–Kier alpha value is -4.51. The number of urea groups is 1. The molecule has 2 N–H and O–H groups in total. The van der Waals surface area contributed by atoms with Crippen molar-refractivity contribution in [3.8, 4) is 6.07 Å². The minimum absolute atomic E-state index is 0.213. The second kappa shape index (κ2) is 8.70. The second-order valence-corrected chi connectivity index (χ2v) is 7.03. The van der Waals surface area contributed by atoms with Crippen molar-refractivity contribution in [2.75, 3.05) is 17.3 Å². The van der Waals surface area contributed by atoms with Crippen molar-refractivity contribution in [2.24, 2.45) is 4.99 Å². The maximum absolute atomic E-state index is 14.6. The number of nitrogens with one attached hydrogen (secondary N) is 2. The van der Waals surface area contributed by atoms with Crippen LogP contribution in [-0.2, 0) is 4.79 Å². The van der Waals surface area contributed by atoms with Gasteiger partial charge in [-0.2, -0.15) is 5.26 Å². The van der Waals surface area contributed by atoms with Crippen LogP contribution in [0.5, 0.6) is 0 Å². The van der Waals surface area contributed by atoms with E-state index < -0.39 is 23.9 Å². The van der Waals surface area contributed by atoms with Crippen LogP contribution in [0, 0.1) is 17.1 Å². The molecule has 4 rings (SSSR count).